The first kappa shape index (κ1) is 11.7. The molecule has 2 atom stereocenters. The van der Waals surface area contributed by atoms with Crippen molar-refractivity contribution in [2.45, 2.75) is 18.4 Å². The van der Waals surface area contributed by atoms with E-state index in [2.05, 4.69) is 54.6 Å². The number of benzene rings is 3. The van der Waals surface area contributed by atoms with Gasteiger partial charge in [-0.3, -0.25) is 0 Å². The maximum absolute atomic E-state index is 10.2. The van der Waals surface area contributed by atoms with Crippen LogP contribution in [-0.2, 0) is 0 Å². The molecule has 1 heteroatoms. The summed E-state index contributed by atoms with van der Waals surface area (Å²) in [7, 11) is 0. The number of aliphatic hydroxyl groups excluding tert-OH is 1. The van der Waals surface area contributed by atoms with Gasteiger partial charge >= 0.3 is 0 Å². The van der Waals surface area contributed by atoms with Crippen molar-refractivity contribution >= 4 is 10.8 Å². The normalized spacial score (nSPS) is 21.1. The minimum absolute atomic E-state index is 0.311. The van der Waals surface area contributed by atoms with Crippen LogP contribution in [0, 0.1) is 0 Å². The Hall–Kier alpha value is -2.12. The molecule has 3 aromatic rings. The largest absolute Gasteiger partial charge is 0.388 e. The van der Waals surface area contributed by atoms with E-state index in [1.54, 1.807) is 0 Å². The van der Waals surface area contributed by atoms with Crippen LogP contribution in [0.25, 0.3) is 10.8 Å². The first-order valence-corrected chi connectivity index (χ1v) is 7.08. The molecular formula is C19H16O. The molecule has 0 saturated carbocycles. The molecule has 1 unspecified atom stereocenters. The third kappa shape index (κ3) is 1.75. The van der Waals surface area contributed by atoms with Gasteiger partial charge in [-0.05, 0) is 33.9 Å². The van der Waals surface area contributed by atoms with Crippen LogP contribution in [0.5, 0.6) is 0 Å². The molecule has 1 N–H and O–H groups in total. The van der Waals surface area contributed by atoms with Crippen LogP contribution in [0.2, 0.25) is 0 Å². The van der Waals surface area contributed by atoms with Gasteiger partial charge in [-0.15, -0.1) is 0 Å². The van der Waals surface area contributed by atoms with Crippen molar-refractivity contribution in [1.82, 2.24) is 0 Å². The van der Waals surface area contributed by atoms with Crippen molar-refractivity contribution < 1.29 is 5.11 Å². The van der Waals surface area contributed by atoms with Crippen LogP contribution in [0.15, 0.2) is 66.7 Å². The molecule has 98 valence electrons. The Morgan fingerprint density at radius 3 is 2.30 bits per heavy atom. The van der Waals surface area contributed by atoms with Gasteiger partial charge in [0.25, 0.3) is 0 Å². The maximum Gasteiger partial charge on any atom is 0.0802 e. The summed E-state index contributed by atoms with van der Waals surface area (Å²) < 4.78 is 0. The van der Waals surface area contributed by atoms with Crippen molar-refractivity contribution in [2.24, 2.45) is 0 Å². The van der Waals surface area contributed by atoms with E-state index in [4.69, 9.17) is 0 Å². The lowest BCUT2D eigenvalue weighted by molar-refractivity contribution is 0.176. The number of fused-ring (bicyclic) bond motifs is 2. The molecule has 3 aromatic carbocycles. The molecule has 0 bridgehead atoms. The summed E-state index contributed by atoms with van der Waals surface area (Å²) in [5.74, 6) is 0.311. The molecule has 0 radical (unpaired) electrons. The van der Waals surface area contributed by atoms with E-state index in [-0.39, 0.29) is 6.10 Å². The Balaban J connectivity index is 1.84. The van der Waals surface area contributed by atoms with Gasteiger partial charge in [0.15, 0.2) is 0 Å². The van der Waals surface area contributed by atoms with E-state index in [0.29, 0.717) is 5.92 Å². The summed E-state index contributed by atoms with van der Waals surface area (Å²) in [5.41, 5.74) is 3.66. The smallest absolute Gasteiger partial charge is 0.0802 e. The Kier molecular flexibility index (Phi) is 2.61. The molecule has 4 rings (SSSR count). The van der Waals surface area contributed by atoms with Gasteiger partial charge < -0.3 is 5.11 Å². The van der Waals surface area contributed by atoms with Gasteiger partial charge in [0.1, 0.15) is 0 Å². The third-order valence-corrected chi connectivity index (χ3v) is 4.37. The van der Waals surface area contributed by atoms with Crippen LogP contribution in [0.4, 0.5) is 0 Å². The maximum atomic E-state index is 10.2. The van der Waals surface area contributed by atoms with Crippen LogP contribution >= 0.6 is 0 Å². The predicted octanol–water partition coefficient (Wildman–Crippen LogP) is 4.41. The summed E-state index contributed by atoms with van der Waals surface area (Å²) in [5, 5.41) is 12.8. The van der Waals surface area contributed by atoms with Crippen molar-refractivity contribution in [3.05, 3.63) is 83.4 Å². The minimum atomic E-state index is -0.331. The lowest BCUT2D eigenvalue weighted by Gasteiger charge is -2.13. The lowest BCUT2D eigenvalue weighted by atomic mass is 9.91. The zero-order chi connectivity index (χ0) is 13.5. The number of hydrogen-bond acceptors (Lipinski definition) is 1. The highest BCUT2D eigenvalue weighted by Crippen LogP contribution is 2.44. The van der Waals surface area contributed by atoms with Crippen LogP contribution in [-0.4, -0.2) is 5.11 Å². The highest BCUT2D eigenvalue weighted by Gasteiger charge is 2.30. The molecule has 0 aliphatic heterocycles. The molecule has 1 nitrogen and oxygen atoms in total. The van der Waals surface area contributed by atoms with E-state index in [9.17, 15) is 5.11 Å². The van der Waals surface area contributed by atoms with E-state index in [1.807, 2.05) is 12.1 Å². The molecule has 0 saturated heterocycles. The van der Waals surface area contributed by atoms with E-state index >= 15 is 0 Å². The monoisotopic (exact) mass is 260 g/mol. The van der Waals surface area contributed by atoms with Crippen LogP contribution in [0.1, 0.15) is 35.1 Å². The fourth-order valence-corrected chi connectivity index (χ4v) is 3.35. The number of rotatable bonds is 1. The fraction of sp³-hybridized carbons (Fsp3) is 0.158. The molecule has 0 spiro atoms. The zero-order valence-corrected chi connectivity index (χ0v) is 11.2. The van der Waals surface area contributed by atoms with Crippen LogP contribution < -0.4 is 0 Å². The second kappa shape index (κ2) is 4.46. The molecule has 1 aliphatic rings. The zero-order valence-electron chi connectivity index (χ0n) is 11.2. The highest BCUT2D eigenvalue weighted by molar-refractivity contribution is 5.83. The Bertz CT molecular complexity index is 775. The van der Waals surface area contributed by atoms with Crippen molar-refractivity contribution in [3.8, 4) is 0 Å². The van der Waals surface area contributed by atoms with Crippen LogP contribution in [0.3, 0.4) is 0 Å². The van der Waals surface area contributed by atoms with Gasteiger partial charge in [0.2, 0.25) is 0 Å². The average Bonchev–Trinajstić information content (AvgIpc) is 2.85. The minimum Gasteiger partial charge on any atom is -0.388 e. The standard InChI is InChI=1S/C19H16O/c20-19-12-18(16-7-3-4-8-17(16)19)15-10-9-13-5-1-2-6-14(13)11-15/h1-11,18-20H,12H2/t18?,19-/m0/s1. The molecule has 0 amide bonds. The second-order valence-electron chi connectivity index (χ2n) is 5.54. The van der Waals surface area contributed by atoms with Gasteiger partial charge in [-0.2, -0.15) is 0 Å². The SMILES string of the molecule is O[C@H]1CC(c2ccc3ccccc3c2)c2ccccc21. The van der Waals surface area contributed by atoms with Crippen molar-refractivity contribution in [2.75, 3.05) is 0 Å². The molecule has 0 aromatic heterocycles. The van der Waals surface area contributed by atoms with E-state index < -0.39 is 0 Å². The average molecular weight is 260 g/mol. The first-order valence-electron chi connectivity index (χ1n) is 7.08. The highest BCUT2D eigenvalue weighted by atomic mass is 16.3. The number of hydrogen-bond donors (Lipinski definition) is 1. The second-order valence-corrected chi connectivity index (χ2v) is 5.54. The van der Waals surface area contributed by atoms with E-state index in [1.165, 1.54) is 21.9 Å². The Morgan fingerprint density at radius 2 is 1.45 bits per heavy atom. The fourth-order valence-electron chi connectivity index (χ4n) is 3.35. The first-order chi connectivity index (χ1) is 9.83. The van der Waals surface area contributed by atoms with Crippen molar-refractivity contribution in [3.63, 3.8) is 0 Å². The molecule has 0 fully saturated rings. The molecule has 0 heterocycles. The lowest BCUT2D eigenvalue weighted by Crippen LogP contribution is -1.96. The Morgan fingerprint density at radius 1 is 0.750 bits per heavy atom. The quantitative estimate of drug-likeness (QED) is 0.687. The van der Waals surface area contributed by atoms with Crippen molar-refractivity contribution in [1.29, 1.82) is 0 Å². The third-order valence-electron chi connectivity index (χ3n) is 4.37. The summed E-state index contributed by atoms with van der Waals surface area (Å²) in [6.45, 7) is 0. The summed E-state index contributed by atoms with van der Waals surface area (Å²) >= 11 is 0. The topological polar surface area (TPSA) is 20.2 Å². The summed E-state index contributed by atoms with van der Waals surface area (Å²) in [4.78, 5) is 0. The molecule has 20 heavy (non-hydrogen) atoms. The van der Waals surface area contributed by atoms with E-state index in [0.717, 1.165) is 12.0 Å². The van der Waals surface area contributed by atoms with Gasteiger partial charge in [-0.25, -0.2) is 0 Å². The van der Waals surface area contributed by atoms with Gasteiger partial charge in [0.05, 0.1) is 6.10 Å². The predicted molar refractivity (Wildman–Crippen MR) is 81.8 cm³/mol. The van der Waals surface area contributed by atoms with Gasteiger partial charge in [-0.1, -0.05) is 66.7 Å². The molecule has 1 aliphatic carbocycles. The molecular weight excluding hydrogens is 244 g/mol. The summed E-state index contributed by atoms with van der Waals surface area (Å²) in [6.07, 6.45) is 0.459. The number of aliphatic hydroxyl groups is 1. The van der Waals surface area contributed by atoms with Gasteiger partial charge in [0, 0.05) is 5.92 Å². The summed E-state index contributed by atoms with van der Waals surface area (Å²) in [6, 6.07) is 23.3. The Labute approximate surface area is 118 Å².